The summed E-state index contributed by atoms with van der Waals surface area (Å²) in [5.41, 5.74) is 1.14. The summed E-state index contributed by atoms with van der Waals surface area (Å²) in [6.45, 7) is 0.613. The van der Waals surface area contributed by atoms with Crippen molar-refractivity contribution >= 4 is 46.3 Å². The number of imide groups is 1. The standard InChI is InChI=1S/C20H17N3O6S2/c24-18-17(31-20(26)21-18)9-12-1-4-14(5-2-12)29-8-7-22-11-30-16-6-3-13(23(27)28)10-15(16)19(22)25/h1-6,10,17H,7-9,11H2,(H,21,24,26). The van der Waals surface area contributed by atoms with Gasteiger partial charge in [0.25, 0.3) is 16.8 Å². The first-order valence-electron chi connectivity index (χ1n) is 9.34. The summed E-state index contributed by atoms with van der Waals surface area (Å²) in [6.07, 6.45) is 0.452. The molecule has 2 aliphatic heterocycles. The van der Waals surface area contributed by atoms with E-state index in [1.807, 2.05) is 12.1 Å². The average Bonchev–Trinajstić information content (AvgIpc) is 3.07. The molecule has 2 heterocycles. The summed E-state index contributed by atoms with van der Waals surface area (Å²) in [7, 11) is 0. The van der Waals surface area contributed by atoms with Gasteiger partial charge in [-0.2, -0.15) is 0 Å². The number of carbonyl (C=O) groups is 3. The third kappa shape index (κ3) is 4.83. The van der Waals surface area contributed by atoms with E-state index >= 15 is 0 Å². The number of non-ortho nitro benzene ring substituents is 1. The second-order valence-electron chi connectivity index (χ2n) is 6.86. The lowest BCUT2D eigenvalue weighted by Crippen LogP contribution is -2.37. The number of carbonyl (C=O) groups excluding carboxylic acids is 3. The van der Waals surface area contributed by atoms with Gasteiger partial charge in [-0.3, -0.25) is 29.8 Å². The average molecular weight is 460 g/mol. The largest absolute Gasteiger partial charge is 0.492 e. The van der Waals surface area contributed by atoms with Crippen molar-refractivity contribution in [3.05, 3.63) is 63.7 Å². The molecule has 31 heavy (non-hydrogen) atoms. The fourth-order valence-electron chi connectivity index (χ4n) is 3.20. The maximum atomic E-state index is 12.7. The summed E-state index contributed by atoms with van der Waals surface area (Å²) in [5, 5.41) is 12.5. The summed E-state index contributed by atoms with van der Waals surface area (Å²) < 4.78 is 5.72. The lowest BCUT2D eigenvalue weighted by Gasteiger charge is -2.27. The van der Waals surface area contributed by atoms with E-state index in [4.69, 9.17) is 4.74 Å². The van der Waals surface area contributed by atoms with E-state index in [0.29, 0.717) is 30.2 Å². The minimum Gasteiger partial charge on any atom is -0.492 e. The Morgan fingerprint density at radius 3 is 2.61 bits per heavy atom. The van der Waals surface area contributed by atoms with Crippen molar-refractivity contribution in [2.45, 2.75) is 16.6 Å². The van der Waals surface area contributed by atoms with Gasteiger partial charge in [0.2, 0.25) is 5.91 Å². The molecule has 2 aliphatic rings. The number of thioether (sulfide) groups is 2. The van der Waals surface area contributed by atoms with Gasteiger partial charge in [0.15, 0.2) is 0 Å². The number of benzene rings is 2. The Kier molecular flexibility index (Phi) is 6.14. The number of rotatable bonds is 7. The molecule has 1 atom stereocenters. The molecule has 4 rings (SSSR count). The number of nitro groups is 1. The molecule has 0 aromatic heterocycles. The van der Waals surface area contributed by atoms with Gasteiger partial charge >= 0.3 is 0 Å². The molecular weight excluding hydrogens is 442 g/mol. The van der Waals surface area contributed by atoms with Crippen molar-refractivity contribution in [1.29, 1.82) is 0 Å². The van der Waals surface area contributed by atoms with E-state index in [2.05, 4.69) is 5.32 Å². The molecular formula is C20H17N3O6S2. The van der Waals surface area contributed by atoms with Gasteiger partial charge in [0, 0.05) is 17.0 Å². The third-order valence-electron chi connectivity index (χ3n) is 4.81. The quantitative estimate of drug-likeness (QED) is 0.496. The minimum absolute atomic E-state index is 0.108. The minimum atomic E-state index is -0.514. The van der Waals surface area contributed by atoms with E-state index in [1.54, 1.807) is 23.1 Å². The second-order valence-corrected chi connectivity index (χ2v) is 9.02. The number of nitrogens with one attached hydrogen (secondary N) is 1. The zero-order valence-corrected chi connectivity index (χ0v) is 17.7. The molecule has 0 spiro atoms. The smallest absolute Gasteiger partial charge is 0.286 e. The van der Waals surface area contributed by atoms with Crippen LogP contribution in [0.1, 0.15) is 15.9 Å². The highest BCUT2D eigenvalue weighted by Gasteiger charge is 2.31. The van der Waals surface area contributed by atoms with Gasteiger partial charge < -0.3 is 9.64 Å². The van der Waals surface area contributed by atoms with Crippen LogP contribution in [-0.4, -0.2) is 51.2 Å². The molecule has 2 aromatic carbocycles. The molecule has 9 nitrogen and oxygen atoms in total. The van der Waals surface area contributed by atoms with E-state index in [0.717, 1.165) is 22.2 Å². The summed E-state index contributed by atoms with van der Waals surface area (Å²) in [4.78, 5) is 48.4. The Morgan fingerprint density at radius 1 is 1.16 bits per heavy atom. The Balaban J connectivity index is 1.30. The lowest BCUT2D eigenvalue weighted by molar-refractivity contribution is -0.384. The number of fused-ring (bicyclic) bond motifs is 1. The van der Waals surface area contributed by atoms with Crippen LogP contribution in [0.5, 0.6) is 5.75 Å². The first kappa shape index (κ1) is 21.2. The lowest BCUT2D eigenvalue weighted by atomic mass is 10.1. The number of ether oxygens (including phenoxy) is 1. The van der Waals surface area contributed by atoms with E-state index in [-0.39, 0.29) is 29.3 Å². The van der Waals surface area contributed by atoms with Crippen molar-refractivity contribution in [3.8, 4) is 5.75 Å². The predicted octanol–water partition coefficient (Wildman–Crippen LogP) is 3.07. The highest BCUT2D eigenvalue weighted by Crippen LogP contribution is 2.32. The van der Waals surface area contributed by atoms with Crippen LogP contribution in [0.2, 0.25) is 0 Å². The van der Waals surface area contributed by atoms with Gasteiger partial charge in [-0.25, -0.2) is 0 Å². The van der Waals surface area contributed by atoms with E-state index < -0.39 is 10.2 Å². The molecule has 0 saturated carbocycles. The van der Waals surface area contributed by atoms with Gasteiger partial charge in [-0.05, 0) is 30.2 Å². The first-order chi connectivity index (χ1) is 14.9. The number of nitro benzene ring substituents is 1. The maximum Gasteiger partial charge on any atom is 0.286 e. The third-order valence-corrected chi connectivity index (χ3v) is 6.90. The normalized spacial score (nSPS) is 18.0. The fourth-order valence-corrected chi connectivity index (χ4v) is 5.07. The van der Waals surface area contributed by atoms with Crippen LogP contribution in [-0.2, 0) is 11.2 Å². The molecule has 1 N–H and O–H groups in total. The highest BCUT2D eigenvalue weighted by molar-refractivity contribution is 8.15. The van der Waals surface area contributed by atoms with Crippen LogP contribution in [0.3, 0.4) is 0 Å². The SMILES string of the molecule is O=C1NC(=O)C(Cc2ccc(OCCN3CSc4ccc([N+](=O)[O-])cc4C3=O)cc2)S1. The zero-order valence-electron chi connectivity index (χ0n) is 16.1. The molecule has 0 bridgehead atoms. The van der Waals surface area contributed by atoms with Crippen molar-refractivity contribution in [3.63, 3.8) is 0 Å². The van der Waals surface area contributed by atoms with Crippen molar-refractivity contribution in [2.24, 2.45) is 0 Å². The van der Waals surface area contributed by atoms with Crippen LogP contribution >= 0.6 is 23.5 Å². The number of nitrogens with zero attached hydrogens (tertiary/aromatic N) is 2. The van der Waals surface area contributed by atoms with E-state index in [1.165, 1.54) is 23.9 Å². The number of hydrogen-bond acceptors (Lipinski definition) is 8. The molecule has 3 amide bonds. The molecule has 11 heteroatoms. The zero-order chi connectivity index (χ0) is 22.0. The predicted molar refractivity (Wildman–Crippen MR) is 115 cm³/mol. The Hall–Kier alpha value is -3.05. The summed E-state index contributed by atoms with van der Waals surface area (Å²) in [6, 6.07) is 11.5. The van der Waals surface area contributed by atoms with Crippen LogP contribution in [0, 0.1) is 10.1 Å². The van der Waals surface area contributed by atoms with Crippen molar-refractivity contribution in [2.75, 3.05) is 19.0 Å². The van der Waals surface area contributed by atoms with Crippen LogP contribution in [0.4, 0.5) is 10.5 Å². The fraction of sp³-hybridized carbons (Fsp3) is 0.250. The Labute approximate surface area is 185 Å². The molecule has 160 valence electrons. The molecule has 1 fully saturated rings. The highest BCUT2D eigenvalue weighted by atomic mass is 32.2. The van der Waals surface area contributed by atoms with Gasteiger partial charge in [0.1, 0.15) is 12.4 Å². The summed E-state index contributed by atoms with van der Waals surface area (Å²) in [5.74, 6) is 0.548. The van der Waals surface area contributed by atoms with Gasteiger partial charge in [-0.1, -0.05) is 23.9 Å². The van der Waals surface area contributed by atoms with Gasteiger partial charge in [0.05, 0.1) is 28.2 Å². The monoisotopic (exact) mass is 459 g/mol. The Morgan fingerprint density at radius 2 is 1.94 bits per heavy atom. The topological polar surface area (TPSA) is 119 Å². The molecule has 0 radical (unpaired) electrons. The molecule has 2 aromatic rings. The second kappa shape index (κ2) is 8.98. The van der Waals surface area contributed by atoms with E-state index in [9.17, 15) is 24.5 Å². The molecule has 1 saturated heterocycles. The first-order valence-corrected chi connectivity index (χ1v) is 11.2. The number of hydrogen-bond donors (Lipinski definition) is 1. The maximum absolute atomic E-state index is 12.7. The van der Waals surface area contributed by atoms with Crippen LogP contribution < -0.4 is 10.1 Å². The summed E-state index contributed by atoms with van der Waals surface area (Å²) >= 11 is 2.45. The number of amides is 3. The molecule has 1 unspecified atom stereocenters. The van der Waals surface area contributed by atoms with Crippen LogP contribution in [0.25, 0.3) is 0 Å². The van der Waals surface area contributed by atoms with Crippen molar-refractivity contribution < 1.29 is 24.0 Å². The van der Waals surface area contributed by atoms with Gasteiger partial charge in [-0.15, -0.1) is 11.8 Å². The molecule has 0 aliphatic carbocycles. The van der Waals surface area contributed by atoms with Crippen molar-refractivity contribution in [1.82, 2.24) is 10.2 Å². The Bertz CT molecular complexity index is 1060. The van der Waals surface area contributed by atoms with Crippen LogP contribution in [0.15, 0.2) is 47.4 Å².